The van der Waals surface area contributed by atoms with E-state index in [1.54, 1.807) is 0 Å². The van der Waals surface area contributed by atoms with Gasteiger partial charge >= 0.3 is 0 Å². The molecule has 0 amide bonds. The third-order valence-corrected chi connectivity index (χ3v) is 4.94. The number of benzene rings is 1. The van der Waals surface area contributed by atoms with Crippen LogP contribution in [0.5, 0.6) is 0 Å². The lowest BCUT2D eigenvalue weighted by molar-refractivity contribution is -0.302. The molecule has 1 fully saturated rings. The number of hydrogen-bond donors (Lipinski definition) is 0. The van der Waals surface area contributed by atoms with E-state index in [2.05, 4.69) is 57.0 Å². The Morgan fingerprint density at radius 2 is 1.45 bits per heavy atom. The first-order valence-corrected chi connectivity index (χ1v) is 7.92. The average Bonchev–Trinajstić information content (AvgIpc) is 2.76. The van der Waals surface area contributed by atoms with E-state index in [0.717, 1.165) is 12.8 Å². The van der Waals surface area contributed by atoms with E-state index in [-0.39, 0.29) is 11.1 Å². The Balaban J connectivity index is 1.74. The van der Waals surface area contributed by atoms with E-state index in [4.69, 9.17) is 4.84 Å². The highest BCUT2D eigenvalue weighted by Gasteiger charge is 2.44. The van der Waals surface area contributed by atoms with Gasteiger partial charge in [-0.25, -0.2) is 0 Å². The Morgan fingerprint density at radius 1 is 0.950 bits per heavy atom. The van der Waals surface area contributed by atoms with Crippen LogP contribution in [0.3, 0.4) is 0 Å². The molecule has 0 radical (unpaired) electrons. The summed E-state index contributed by atoms with van der Waals surface area (Å²) in [6.07, 6.45) is 6.15. The summed E-state index contributed by atoms with van der Waals surface area (Å²) >= 11 is 0. The standard InChI is InChI=1S/C18H27NO/c1-17(2)10-7-11-18(3,4)19(17)20-16-12-14-8-5-6-9-15(14)13-16/h5-6,8-9,16H,7,10-13H2,1-4H3. The van der Waals surface area contributed by atoms with Crippen LogP contribution in [0.1, 0.15) is 58.1 Å². The molecule has 2 aliphatic rings. The second-order valence-electron chi connectivity index (χ2n) is 7.68. The average molecular weight is 273 g/mol. The highest BCUT2D eigenvalue weighted by atomic mass is 16.7. The quantitative estimate of drug-likeness (QED) is 0.803. The van der Waals surface area contributed by atoms with Gasteiger partial charge in [-0.05, 0) is 58.1 Å². The zero-order valence-corrected chi connectivity index (χ0v) is 13.3. The van der Waals surface area contributed by atoms with Crippen LogP contribution in [0.25, 0.3) is 0 Å². The maximum Gasteiger partial charge on any atom is 0.0874 e. The third kappa shape index (κ3) is 2.51. The van der Waals surface area contributed by atoms with Crippen molar-refractivity contribution in [2.45, 2.75) is 77.0 Å². The van der Waals surface area contributed by atoms with Crippen LogP contribution in [-0.4, -0.2) is 22.2 Å². The minimum Gasteiger partial charge on any atom is -0.294 e. The number of fused-ring (bicyclic) bond motifs is 1. The van der Waals surface area contributed by atoms with Crippen molar-refractivity contribution in [2.75, 3.05) is 0 Å². The molecule has 0 aromatic heterocycles. The lowest BCUT2D eigenvalue weighted by Crippen LogP contribution is -2.59. The highest BCUT2D eigenvalue weighted by Crippen LogP contribution is 2.40. The van der Waals surface area contributed by atoms with Gasteiger partial charge < -0.3 is 0 Å². The maximum absolute atomic E-state index is 6.50. The van der Waals surface area contributed by atoms with Gasteiger partial charge in [0.15, 0.2) is 0 Å². The fraction of sp³-hybridized carbons (Fsp3) is 0.667. The molecule has 1 heterocycles. The molecule has 1 saturated heterocycles. The summed E-state index contributed by atoms with van der Waals surface area (Å²) in [7, 11) is 0. The maximum atomic E-state index is 6.50. The summed E-state index contributed by atoms with van der Waals surface area (Å²) in [4.78, 5) is 6.50. The van der Waals surface area contributed by atoms with Crippen LogP contribution < -0.4 is 0 Å². The minimum atomic E-state index is 0.135. The monoisotopic (exact) mass is 273 g/mol. The van der Waals surface area contributed by atoms with Crippen LogP contribution in [0.4, 0.5) is 0 Å². The van der Waals surface area contributed by atoms with Crippen molar-refractivity contribution < 1.29 is 4.84 Å². The molecular weight excluding hydrogens is 246 g/mol. The van der Waals surface area contributed by atoms with Gasteiger partial charge in [-0.2, -0.15) is 5.06 Å². The number of rotatable bonds is 2. The zero-order valence-electron chi connectivity index (χ0n) is 13.3. The summed E-state index contributed by atoms with van der Waals surface area (Å²) in [6.45, 7) is 9.26. The Hall–Kier alpha value is -0.860. The smallest absolute Gasteiger partial charge is 0.0874 e. The first kappa shape index (κ1) is 14.1. The molecule has 0 atom stereocenters. The van der Waals surface area contributed by atoms with Crippen molar-refractivity contribution in [3.63, 3.8) is 0 Å². The van der Waals surface area contributed by atoms with Gasteiger partial charge in [0.05, 0.1) is 6.10 Å². The molecule has 0 spiro atoms. The molecule has 0 saturated carbocycles. The summed E-state index contributed by atoms with van der Waals surface area (Å²) in [5.41, 5.74) is 3.20. The van der Waals surface area contributed by atoms with Gasteiger partial charge in [0, 0.05) is 23.9 Å². The van der Waals surface area contributed by atoms with Crippen LogP contribution in [0.2, 0.25) is 0 Å². The van der Waals surface area contributed by atoms with Crippen molar-refractivity contribution >= 4 is 0 Å². The van der Waals surface area contributed by atoms with Gasteiger partial charge in [-0.3, -0.25) is 4.84 Å². The molecule has 3 rings (SSSR count). The molecule has 1 aliphatic carbocycles. The van der Waals surface area contributed by atoms with Gasteiger partial charge in [0.1, 0.15) is 0 Å². The Labute approximate surface area is 123 Å². The summed E-state index contributed by atoms with van der Waals surface area (Å²) in [5.74, 6) is 0. The van der Waals surface area contributed by atoms with Crippen molar-refractivity contribution in [3.05, 3.63) is 35.4 Å². The predicted molar refractivity (Wildman–Crippen MR) is 82.6 cm³/mol. The zero-order chi connectivity index (χ0) is 14.4. The number of nitrogens with zero attached hydrogens (tertiary/aromatic N) is 1. The highest BCUT2D eigenvalue weighted by molar-refractivity contribution is 5.32. The third-order valence-electron chi connectivity index (χ3n) is 4.94. The molecule has 1 aromatic rings. The number of hydrogen-bond acceptors (Lipinski definition) is 2. The van der Waals surface area contributed by atoms with E-state index in [1.807, 2.05) is 0 Å². The van der Waals surface area contributed by atoms with Crippen LogP contribution in [0.15, 0.2) is 24.3 Å². The largest absolute Gasteiger partial charge is 0.294 e. The molecule has 1 aromatic carbocycles. The first-order chi connectivity index (χ1) is 9.38. The lowest BCUT2D eigenvalue weighted by atomic mass is 9.82. The molecule has 0 bridgehead atoms. The van der Waals surface area contributed by atoms with Gasteiger partial charge in [-0.15, -0.1) is 0 Å². The molecule has 2 nitrogen and oxygen atoms in total. The summed E-state index contributed by atoms with van der Waals surface area (Å²) < 4.78 is 0. The second-order valence-corrected chi connectivity index (χ2v) is 7.68. The molecular formula is C18H27NO. The summed E-state index contributed by atoms with van der Waals surface area (Å²) in [5, 5.41) is 2.31. The van der Waals surface area contributed by atoms with Crippen molar-refractivity contribution in [2.24, 2.45) is 0 Å². The van der Waals surface area contributed by atoms with Crippen molar-refractivity contribution in [3.8, 4) is 0 Å². The van der Waals surface area contributed by atoms with E-state index < -0.39 is 0 Å². The molecule has 1 aliphatic heterocycles. The lowest BCUT2D eigenvalue weighted by Gasteiger charge is -2.52. The molecule has 0 N–H and O–H groups in total. The van der Waals surface area contributed by atoms with Crippen LogP contribution >= 0.6 is 0 Å². The van der Waals surface area contributed by atoms with Crippen LogP contribution in [-0.2, 0) is 17.7 Å². The topological polar surface area (TPSA) is 12.5 Å². The fourth-order valence-corrected chi connectivity index (χ4v) is 4.00. The first-order valence-electron chi connectivity index (χ1n) is 7.92. The van der Waals surface area contributed by atoms with Gasteiger partial charge in [0.2, 0.25) is 0 Å². The Morgan fingerprint density at radius 3 is 1.95 bits per heavy atom. The van der Waals surface area contributed by atoms with Gasteiger partial charge in [0.25, 0.3) is 0 Å². The summed E-state index contributed by atoms with van der Waals surface area (Å²) in [6, 6.07) is 8.75. The molecule has 20 heavy (non-hydrogen) atoms. The molecule has 0 unspecified atom stereocenters. The fourth-order valence-electron chi connectivity index (χ4n) is 4.00. The molecule has 2 heteroatoms. The van der Waals surface area contributed by atoms with Crippen molar-refractivity contribution in [1.29, 1.82) is 0 Å². The predicted octanol–water partition coefficient (Wildman–Crippen LogP) is 4.13. The van der Waals surface area contributed by atoms with E-state index in [0.29, 0.717) is 6.10 Å². The second kappa shape index (κ2) is 4.85. The minimum absolute atomic E-state index is 0.135. The van der Waals surface area contributed by atoms with Gasteiger partial charge in [-0.1, -0.05) is 24.3 Å². The van der Waals surface area contributed by atoms with E-state index in [1.165, 1.54) is 30.4 Å². The van der Waals surface area contributed by atoms with E-state index >= 15 is 0 Å². The Kier molecular flexibility index (Phi) is 3.42. The van der Waals surface area contributed by atoms with Crippen LogP contribution in [0, 0.1) is 0 Å². The molecule has 110 valence electrons. The normalized spacial score (nSPS) is 25.6. The van der Waals surface area contributed by atoms with Crippen molar-refractivity contribution in [1.82, 2.24) is 5.06 Å². The number of hydroxylamine groups is 2. The number of piperidine rings is 1. The Bertz CT molecular complexity index is 451. The van der Waals surface area contributed by atoms with E-state index in [9.17, 15) is 0 Å². The SMILES string of the molecule is CC1(C)CCCC(C)(C)N1OC1Cc2ccccc2C1.